The molecular weight excluding hydrogens is 172 g/mol. The number of carbonyl (C=O) groups excluding carboxylic acids is 1. The van der Waals surface area contributed by atoms with Gasteiger partial charge in [-0.2, -0.15) is 0 Å². The quantitative estimate of drug-likeness (QED) is 0.653. The van der Waals surface area contributed by atoms with Crippen LogP contribution in [0.25, 0.3) is 0 Å². The summed E-state index contributed by atoms with van der Waals surface area (Å²) in [6.45, 7) is 6.63. The van der Waals surface area contributed by atoms with Crippen molar-refractivity contribution in [2.45, 2.75) is 59.3 Å². The molecule has 0 aromatic rings. The molecule has 0 aromatic carbocycles. The van der Waals surface area contributed by atoms with Crippen LogP contribution in [0.2, 0.25) is 0 Å². The van der Waals surface area contributed by atoms with Gasteiger partial charge in [0.25, 0.3) is 0 Å². The fourth-order valence-electron chi connectivity index (χ4n) is 2.56. The zero-order valence-electron chi connectivity index (χ0n) is 9.88. The molecule has 0 amide bonds. The van der Waals surface area contributed by atoms with Crippen LogP contribution in [0.1, 0.15) is 59.3 Å². The predicted molar refractivity (Wildman–Crippen MR) is 60.2 cm³/mol. The highest BCUT2D eigenvalue weighted by Gasteiger charge is 2.33. The minimum atomic E-state index is 0.400. The van der Waals surface area contributed by atoms with E-state index >= 15 is 0 Å². The summed E-state index contributed by atoms with van der Waals surface area (Å²) in [6.07, 6.45) is 7.02. The number of unbranched alkanes of at least 4 members (excludes halogenated alkanes) is 1. The van der Waals surface area contributed by atoms with Crippen LogP contribution in [0.15, 0.2) is 0 Å². The van der Waals surface area contributed by atoms with Crippen molar-refractivity contribution in [3.8, 4) is 0 Å². The predicted octanol–water partition coefficient (Wildman–Crippen LogP) is 3.82. The molecule has 1 aliphatic rings. The second-order valence-electron chi connectivity index (χ2n) is 5.15. The Balaban J connectivity index is 2.35. The molecule has 1 saturated carbocycles. The highest BCUT2D eigenvalue weighted by Crippen LogP contribution is 2.34. The van der Waals surface area contributed by atoms with Crippen LogP contribution in [0.3, 0.4) is 0 Å². The molecule has 0 spiro atoms. The first-order valence-electron chi connectivity index (χ1n) is 6.18. The van der Waals surface area contributed by atoms with E-state index in [0.717, 1.165) is 25.7 Å². The van der Waals surface area contributed by atoms with Gasteiger partial charge >= 0.3 is 0 Å². The number of hydrogen-bond acceptors (Lipinski definition) is 1. The van der Waals surface area contributed by atoms with E-state index in [4.69, 9.17) is 0 Å². The van der Waals surface area contributed by atoms with Crippen LogP contribution in [-0.2, 0) is 4.79 Å². The Bertz CT molecular complexity index is 184. The Labute approximate surface area is 88.3 Å². The van der Waals surface area contributed by atoms with Crippen molar-refractivity contribution in [2.24, 2.45) is 17.8 Å². The largest absolute Gasteiger partial charge is 0.299 e. The Morgan fingerprint density at radius 3 is 2.50 bits per heavy atom. The van der Waals surface area contributed by atoms with Gasteiger partial charge in [0.1, 0.15) is 5.78 Å². The summed E-state index contributed by atoms with van der Waals surface area (Å²) in [5, 5.41) is 0. The van der Waals surface area contributed by atoms with E-state index in [0.29, 0.717) is 23.5 Å². The van der Waals surface area contributed by atoms with Crippen molar-refractivity contribution >= 4 is 5.78 Å². The van der Waals surface area contributed by atoms with Crippen LogP contribution < -0.4 is 0 Å². The SMILES string of the molecule is CCCCC1CCC(CC(C)C)C1=O. The standard InChI is InChI=1S/C13H24O/c1-4-5-6-11-7-8-12(13(11)14)9-10(2)3/h10-12H,4-9H2,1-3H3. The minimum absolute atomic E-state index is 0.400. The Morgan fingerprint density at radius 2 is 1.93 bits per heavy atom. The number of rotatable bonds is 5. The van der Waals surface area contributed by atoms with E-state index in [1.165, 1.54) is 12.8 Å². The van der Waals surface area contributed by atoms with Crippen LogP contribution >= 0.6 is 0 Å². The molecule has 0 radical (unpaired) electrons. The van der Waals surface area contributed by atoms with Crippen LogP contribution in [0, 0.1) is 17.8 Å². The van der Waals surface area contributed by atoms with E-state index in [2.05, 4.69) is 20.8 Å². The Morgan fingerprint density at radius 1 is 1.29 bits per heavy atom. The fourth-order valence-corrected chi connectivity index (χ4v) is 2.56. The fraction of sp³-hybridized carbons (Fsp3) is 0.923. The first-order valence-corrected chi connectivity index (χ1v) is 6.18. The topological polar surface area (TPSA) is 17.1 Å². The first-order chi connectivity index (χ1) is 6.65. The van der Waals surface area contributed by atoms with Crippen molar-refractivity contribution in [1.29, 1.82) is 0 Å². The van der Waals surface area contributed by atoms with Crippen molar-refractivity contribution in [3.63, 3.8) is 0 Å². The average Bonchev–Trinajstić information content (AvgIpc) is 2.45. The van der Waals surface area contributed by atoms with E-state index in [-0.39, 0.29) is 0 Å². The molecule has 0 saturated heterocycles. The zero-order valence-corrected chi connectivity index (χ0v) is 9.88. The van der Waals surface area contributed by atoms with Crippen molar-refractivity contribution < 1.29 is 4.79 Å². The summed E-state index contributed by atoms with van der Waals surface area (Å²) in [6, 6.07) is 0. The average molecular weight is 196 g/mol. The highest BCUT2D eigenvalue weighted by atomic mass is 16.1. The summed E-state index contributed by atoms with van der Waals surface area (Å²) >= 11 is 0. The lowest BCUT2D eigenvalue weighted by molar-refractivity contribution is -0.124. The third-order valence-electron chi connectivity index (χ3n) is 3.33. The molecule has 0 N–H and O–H groups in total. The second-order valence-corrected chi connectivity index (χ2v) is 5.15. The van der Waals surface area contributed by atoms with Crippen LogP contribution in [-0.4, -0.2) is 5.78 Å². The lowest BCUT2D eigenvalue weighted by Gasteiger charge is -2.12. The molecule has 2 atom stereocenters. The monoisotopic (exact) mass is 196 g/mol. The third kappa shape index (κ3) is 3.11. The van der Waals surface area contributed by atoms with Gasteiger partial charge in [0.2, 0.25) is 0 Å². The molecule has 0 heterocycles. The van der Waals surface area contributed by atoms with Gasteiger partial charge in [0.05, 0.1) is 0 Å². The molecule has 1 fully saturated rings. The van der Waals surface area contributed by atoms with Gasteiger partial charge in [-0.25, -0.2) is 0 Å². The van der Waals surface area contributed by atoms with Gasteiger partial charge in [0.15, 0.2) is 0 Å². The number of Topliss-reactive ketones (excluding diaryl/α,β-unsaturated/α-hetero) is 1. The maximum Gasteiger partial charge on any atom is 0.139 e. The van der Waals surface area contributed by atoms with Crippen molar-refractivity contribution in [1.82, 2.24) is 0 Å². The van der Waals surface area contributed by atoms with Crippen LogP contribution in [0.5, 0.6) is 0 Å². The van der Waals surface area contributed by atoms with Crippen LogP contribution in [0.4, 0.5) is 0 Å². The molecule has 14 heavy (non-hydrogen) atoms. The van der Waals surface area contributed by atoms with E-state index < -0.39 is 0 Å². The summed E-state index contributed by atoms with van der Waals surface area (Å²) < 4.78 is 0. The lowest BCUT2D eigenvalue weighted by atomic mass is 9.92. The van der Waals surface area contributed by atoms with Crippen molar-refractivity contribution in [2.75, 3.05) is 0 Å². The highest BCUT2D eigenvalue weighted by molar-refractivity contribution is 5.85. The van der Waals surface area contributed by atoms with Crippen molar-refractivity contribution in [3.05, 3.63) is 0 Å². The summed E-state index contributed by atoms with van der Waals surface area (Å²) in [5.74, 6) is 2.07. The van der Waals surface area contributed by atoms with E-state index in [9.17, 15) is 4.79 Å². The smallest absolute Gasteiger partial charge is 0.139 e. The summed E-state index contributed by atoms with van der Waals surface area (Å²) in [4.78, 5) is 11.9. The molecule has 1 rings (SSSR count). The van der Waals surface area contributed by atoms with E-state index in [1.54, 1.807) is 0 Å². The van der Waals surface area contributed by atoms with Gasteiger partial charge in [0, 0.05) is 11.8 Å². The first kappa shape index (κ1) is 11.7. The summed E-state index contributed by atoms with van der Waals surface area (Å²) in [5.41, 5.74) is 0. The molecule has 0 aliphatic heterocycles. The van der Waals surface area contributed by atoms with Gasteiger partial charge in [-0.15, -0.1) is 0 Å². The maximum absolute atomic E-state index is 11.9. The Kier molecular flexibility index (Phi) is 4.64. The van der Waals surface area contributed by atoms with Gasteiger partial charge in [-0.1, -0.05) is 33.6 Å². The molecule has 1 heteroatoms. The molecule has 0 aromatic heterocycles. The molecule has 0 bridgehead atoms. The number of carbonyl (C=O) groups is 1. The zero-order chi connectivity index (χ0) is 10.6. The summed E-state index contributed by atoms with van der Waals surface area (Å²) in [7, 11) is 0. The Hall–Kier alpha value is -0.330. The number of hydrogen-bond donors (Lipinski definition) is 0. The minimum Gasteiger partial charge on any atom is -0.299 e. The third-order valence-corrected chi connectivity index (χ3v) is 3.33. The molecule has 82 valence electrons. The molecule has 2 unspecified atom stereocenters. The normalized spacial score (nSPS) is 27.6. The molecular formula is C13H24O. The van der Waals surface area contributed by atoms with Gasteiger partial charge in [-0.05, 0) is 31.6 Å². The maximum atomic E-state index is 11.9. The lowest BCUT2D eigenvalue weighted by Crippen LogP contribution is -2.15. The molecule has 1 nitrogen and oxygen atoms in total. The second kappa shape index (κ2) is 5.53. The number of ketones is 1. The van der Waals surface area contributed by atoms with Gasteiger partial charge < -0.3 is 0 Å². The van der Waals surface area contributed by atoms with Gasteiger partial charge in [-0.3, -0.25) is 4.79 Å². The van der Waals surface area contributed by atoms with E-state index in [1.807, 2.05) is 0 Å². The molecule has 1 aliphatic carbocycles.